The number of hydrogen-bond acceptors (Lipinski definition) is 2. The Morgan fingerprint density at radius 2 is 1.67 bits per heavy atom. The third-order valence-corrected chi connectivity index (χ3v) is 6.24. The minimum Gasteiger partial charge on any atom is -0.387 e. The molecule has 4 aliphatic rings. The van der Waals surface area contributed by atoms with Crippen molar-refractivity contribution in [3.63, 3.8) is 0 Å². The third kappa shape index (κ3) is 3.14. The number of amides is 2. The lowest BCUT2D eigenvalue weighted by Crippen LogP contribution is -2.57. The van der Waals surface area contributed by atoms with E-state index in [-0.39, 0.29) is 18.4 Å². The zero-order valence-corrected chi connectivity index (χ0v) is 13.7. The summed E-state index contributed by atoms with van der Waals surface area (Å²) in [7, 11) is 0. The van der Waals surface area contributed by atoms with Crippen molar-refractivity contribution in [3.05, 3.63) is 35.6 Å². The van der Waals surface area contributed by atoms with Crippen LogP contribution < -0.4 is 10.6 Å². The second-order valence-corrected chi connectivity index (χ2v) is 7.88. The molecule has 4 bridgehead atoms. The summed E-state index contributed by atoms with van der Waals surface area (Å²) < 4.78 is 12.9. The van der Waals surface area contributed by atoms with Gasteiger partial charge in [-0.05, 0) is 73.5 Å². The third-order valence-electron chi connectivity index (χ3n) is 6.24. The maximum Gasteiger partial charge on any atom is 0.315 e. The zero-order valence-electron chi connectivity index (χ0n) is 13.7. The highest BCUT2D eigenvalue weighted by Gasteiger charge is 2.48. The average Bonchev–Trinajstić information content (AvgIpc) is 2.56. The quantitative estimate of drug-likeness (QED) is 0.794. The number of aliphatic hydroxyl groups excluding tert-OH is 1. The number of aliphatic hydroxyl groups is 1. The fourth-order valence-corrected chi connectivity index (χ4v) is 5.36. The van der Waals surface area contributed by atoms with Crippen molar-refractivity contribution in [2.75, 3.05) is 6.54 Å². The molecule has 0 aromatic heterocycles. The van der Waals surface area contributed by atoms with Gasteiger partial charge in [-0.1, -0.05) is 12.1 Å². The predicted octanol–water partition coefficient (Wildman–Crippen LogP) is 2.98. The molecule has 4 saturated carbocycles. The molecule has 5 rings (SSSR count). The van der Waals surface area contributed by atoms with E-state index < -0.39 is 6.10 Å². The first-order valence-corrected chi connectivity index (χ1v) is 9.06. The lowest BCUT2D eigenvalue weighted by atomic mass is 9.54. The highest BCUT2D eigenvalue weighted by Crippen LogP contribution is 2.53. The van der Waals surface area contributed by atoms with E-state index in [9.17, 15) is 14.3 Å². The summed E-state index contributed by atoms with van der Waals surface area (Å²) in [6, 6.07) is 5.80. The van der Waals surface area contributed by atoms with Crippen LogP contribution in [0, 0.1) is 29.5 Å². The summed E-state index contributed by atoms with van der Waals surface area (Å²) in [6.07, 6.45) is 5.61. The second-order valence-electron chi connectivity index (χ2n) is 7.88. The summed E-state index contributed by atoms with van der Waals surface area (Å²) in [6.45, 7) is 0.130. The van der Waals surface area contributed by atoms with Gasteiger partial charge in [-0.15, -0.1) is 0 Å². The number of urea groups is 1. The van der Waals surface area contributed by atoms with Crippen molar-refractivity contribution < 1.29 is 14.3 Å². The molecule has 24 heavy (non-hydrogen) atoms. The first-order valence-electron chi connectivity index (χ1n) is 9.06. The molecule has 4 fully saturated rings. The first-order chi connectivity index (χ1) is 11.6. The highest BCUT2D eigenvalue weighted by atomic mass is 19.1. The van der Waals surface area contributed by atoms with Crippen molar-refractivity contribution in [3.8, 4) is 0 Å². The second kappa shape index (κ2) is 6.36. The molecule has 0 heterocycles. The maximum absolute atomic E-state index is 12.9. The largest absolute Gasteiger partial charge is 0.387 e. The van der Waals surface area contributed by atoms with Crippen LogP contribution in [0.5, 0.6) is 0 Å². The summed E-state index contributed by atoms with van der Waals surface area (Å²) in [5.74, 6) is 2.70. The Balaban J connectivity index is 1.28. The minimum absolute atomic E-state index is 0.130. The van der Waals surface area contributed by atoms with Crippen molar-refractivity contribution >= 4 is 6.03 Å². The van der Waals surface area contributed by atoms with E-state index >= 15 is 0 Å². The van der Waals surface area contributed by atoms with Crippen molar-refractivity contribution in [2.45, 2.75) is 44.2 Å². The van der Waals surface area contributed by atoms with E-state index in [4.69, 9.17) is 0 Å². The average molecular weight is 332 g/mol. The van der Waals surface area contributed by atoms with Crippen LogP contribution in [0.25, 0.3) is 0 Å². The van der Waals surface area contributed by atoms with E-state index in [0.717, 1.165) is 11.8 Å². The molecule has 130 valence electrons. The molecule has 0 spiro atoms. The lowest BCUT2D eigenvalue weighted by Gasteiger charge is -2.54. The van der Waals surface area contributed by atoms with Gasteiger partial charge in [0.25, 0.3) is 0 Å². The first kappa shape index (κ1) is 15.9. The van der Waals surface area contributed by atoms with E-state index in [2.05, 4.69) is 10.6 Å². The molecule has 3 N–H and O–H groups in total. The SMILES string of the molecule is O=C(NCC(O)c1ccc(F)cc1)NC1C2CC3CC(C2)CC1C3. The van der Waals surface area contributed by atoms with Crippen LogP contribution in [-0.2, 0) is 0 Å². The molecule has 5 heteroatoms. The number of benzene rings is 1. The van der Waals surface area contributed by atoms with E-state index in [1.165, 1.54) is 56.4 Å². The maximum atomic E-state index is 12.9. The van der Waals surface area contributed by atoms with Gasteiger partial charge < -0.3 is 15.7 Å². The zero-order chi connectivity index (χ0) is 16.7. The van der Waals surface area contributed by atoms with Gasteiger partial charge in [-0.25, -0.2) is 9.18 Å². The Hall–Kier alpha value is -1.62. The van der Waals surface area contributed by atoms with Crippen molar-refractivity contribution in [1.82, 2.24) is 10.6 Å². The summed E-state index contributed by atoms with van der Waals surface area (Å²) in [5, 5.41) is 16.0. The predicted molar refractivity (Wildman–Crippen MR) is 88.7 cm³/mol. The molecule has 1 aromatic carbocycles. The molecule has 1 aromatic rings. The molecule has 4 aliphatic carbocycles. The van der Waals surface area contributed by atoms with E-state index in [1.807, 2.05) is 0 Å². The Kier molecular flexibility index (Phi) is 4.21. The van der Waals surface area contributed by atoms with E-state index in [1.54, 1.807) is 0 Å². The van der Waals surface area contributed by atoms with Gasteiger partial charge >= 0.3 is 6.03 Å². The summed E-state index contributed by atoms with van der Waals surface area (Å²) in [4.78, 5) is 12.2. The Labute approximate surface area is 141 Å². The molecule has 0 radical (unpaired) electrons. The molecule has 0 aliphatic heterocycles. The van der Waals surface area contributed by atoms with Gasteiger partial charge in [-0.3, -0.25) is 0 Å². The van der Waals surface area contributed by atoms with Crippen LogP contribution in [0.2, 0.25) is 0 Å². The minimum atomic E-state index is -0.824. The fraction of sp³-hybridized carbons (Fsp3) is 0.632. The molecular formula is C19H25FN2O2. The molecule has 1 unspecified atom stereocenters. The van der Waals surface area contributed by atoms with Crippen LogP contribution in [0.15, 0.2) is 24.3 Å². The standard InChI is InChI=1S/C19H25FN2O2/c20-16-3-1-13(2-4-16)17(23)10-21-19(24)22-18-14-6-11-5-12(8-14)9-15(18)7-11/h1-4,11-12,14-15,17-18,23H,5-10H2,(H2,21,22,24). The molecule has 2 amide bonds. The number of hydrogen-bond donors (Lipinski definition) is 3. The highest BCUT2D eigenvalue weighted by molar-refractivity contribution is 5.74. The number of rotatable bonds is 4. The van der Waals surface area contributed by atoms with Gasteiger partial charge in [-0.2, -0.15) is 0 Å². The molecule has 1 atom stereocenters. The summed E-state index contributed by atoms with van der Waals surface area (Å²) in [5.41, 5.74) is 0.603. The molecule has 0 saturated heterocycles. The fourth-order valence-electron chi connectivity index (χ4n) is 5.36. The van der Waals surface area contributed by atoms with Crippen LogP contribution >= 0.6 is 0 Å². The van der Waals surface area contributed by atoms with Gasteiger partial charge in [0.2, 0.25) is 0 Å². The van der Waals surface area contributed by atoms with Gasteiger partial charge in [0.15, 0.2) is 0 Å². The van der Waals surface area contributed by atoms with Crippen molar-refractivity contribution in [2.24, 2.45) is 23.7 Å². The van der Waals surface area contributed by atoms with Crippen LogP contribution in [0.1, 0.15) is 43.8 Å². The number of carbonyl (C=O) groups excluding carboxylic acids is 1. The Bertz CT molecular complexity index is 576. The number of halogens is 1. The molecule has 4 nitrogen and oxygen atoms in total. The number of nitrogens with one attached hydrogen (secondary N) is 2. The van der Waals surface area contributed by atoms with Gasteiger partial charge in [0, 0.05) is 12.6 Å². The Morgan fingerprint density at radius 1 is 1.08 bits per heavy atom. The molecular weight excluding hydrogens is 307 g/mol. The number of carbonyl (C=O) groups is 1. The Morgan fingerprint density at radius 3 is 2.25 bits per heavy atom. The summed E-state index contributed by atoms with van der Waals surface area (Å²) >= 11 is 0. The van der Waals surface area contributed by atoms with Gasteiger partial charge in [0.05, 0.1) is 6.10 Å². The van der Waals surface area contributed by atoms with Crippen molar-refractivity contribution in [1.29, 1.82) is 0 Å². The van der Waals surface area contributed by atoms with E-state index in [0.29, 0.717) is 23.4 Å². The smallest absolute Gasteiger partial charge is 0.315 e. The van der Waals surface area contributed by atoms with Crippen LogP contribution in [0.4, 0.5) is 9.18 Å². The monoisotopic (exact) mass is 332 g/mol. The topological polar surface area (TPSA) is 61.4 Å². The van der Waals surface area contributed by atoms with Crippen LogP contribution in [-0.4, -0.2) is 23.7 Å². The normalized spacial score (nSPS) is 34.8. The van der Waals surface area contributed by atoms with Crippen LogP contribution in [0.3, 0.4) is 0 Å². The lowest BCUT2D eigenvalue weighted by molar-refractivity contribution is -0.00951. The van der Waals surface area contributed by atoms with Gasteiger partial charge in [0.1, 0.15) is 5.82 Å².